The van der Waals surface area contributed by atoms with Crippen LogP contribution in [0.4, 0.5) is 19.0 Å². The normalized spacial score (nSPS) is 23.8. The summed E-state index contributed by atoms with van der Waals surface area (Å²) in [5.74, 6) is -0.106. The van der Waals surface area contributed by atoms with Crippen LogP contribution >= 0.6 is 0 Å². The Morgan fingerprint density at radius 1 is 1.46 bits per heavy atom. The van der Waals surface area contributed by atoms with Gasteiger partial charge < -0.3 is 15.1 Å². The molecule has 1 N–H and O–H groups in total. The van der Waals surface area contributed by atoms with Gasteiger partial charge in [-0.15, -0.1) is 0 Å². The Morgan fingerprint density at radius 2 is 2.29 bits per heavy atom. The maximum Gasteiger partial charge on any atom is 0.405 e. The molecule has 1 amide bonds. The maximum atomic E-state index is 12.2. The van der Waals surface area contributed by atoms with Crippen LogP contribution in [0.3, 0.4) is 0 Å². The van der Waals surface area contributed by atoms with Gasteiger partial charge >= 0.3 is 6.18 Å². The van der Waals surface area contributed by atoms with Crippen molar-refractivity contribution in [1.82, 2.24) is 15.3 Å². The molecule has 1 saturated heterocycles. The van der Waals surface area contributed by atoms with E-state index in [-0.39, 0.29) is 12.1 Å². The summed E-state index contributed by atoms with van der Waals surface area (Å²) in [6.45, 7) is -0.147. The highest BCUT2D eigenvalue weighted by molar-refractivity contribution is 6.39. The molecule has 1 aromatic rings. The monoisotopic (exact) mass is 343 g/mol. The van der Waals surface area contributed by atoms with Crippen LogP contribution in [0.1, 0.15) is 19.3 Å². The first-order valence-electron chi connectivity index (χ1n) is 7.48. The molecule has 7 nitrogen and oxygen atoms in total. The van der Waals surface area contributed by atoms with Gasteiger partial charge in [0.25, 0.3) is 5.91 Å². The number of anilines is 1. The quantitative estimate of drug-likeness (QED) is 0.894. The van der Waals surface area contributed by atoms with Crippen LogP contribution < -0.4 is 10.2 Å². The van der Waals surface area contributed by atoms with Gasteiger partial charge in [0.2, 0.25) is 0 Å². The van der Waals surface area contributed by atoms with Crippen LogP contribution in [0, 0.1) is 0 Å². The number of amides is 1. The third kappa shape index (κ3) is 3.74. The van der Waals surface area contributed by atoms with Crippen LogP contribution in [-0.4, -0.2) is 53.0 Å². The predicted molar refractivity (Wildman–Crippen MR) is 78.4 cm³/mol. The number of carbonyl (C=O) groups excluding carboxylic acids is 1. The zero-order chi connectivity index (χ0) is 17.2. The summed E-state index contributed by atoms with van der Waals surface area (Å²) >= 11 is 0. The molecule has 2 aliphatic heterocycles. The summed E-state index contributed by atoms with van der Waals surface area (Å²) < 4.78 is 36.6. The molecule has 1 unspecified atom stereocenters. The number of nitrogens with one attached hydrogen (secondary N) is 1. The van der Waals surface area contributed by atoms with Crippen LogP contribution in [0.25, 0.3) is 0 Å². The van der Waals surface area contributed by atoms with Crippen molar-refractivity contribution in [3.05, 3.63) is 18.6 Å². The first-order chi connectivity index (χ1) is 11.4. The van der Waals surface area contributed by atoms with Gasteiger partial charge in [0, 0.05) is 19.2 Å². The Hall–Kier alpha value is -2.39. The Morgan fingerprint density at radius 3 is 3.00 bits per heavy atom. The number of piperidine rings is 1. The Kier molecular flexibility index (Phi) is 4.29. The molecule has 3 heterocycles. The first kappa shape index (κ1) is 16.5. The number of alkyl halides is 3. The highest BCUT2D eigenvalue weighted by Gasteiger charge is 2.45. The molecule has 1 atom stereocenters. The van der Waals surface area contributed by atoms with Crippen molar-refractivity contribution in [3.63, 3.8) is 0 Å². The van der Waals surface area contributed by atoms with Gasteiger partial charge in [-0.25, -0.2) is 9.97 Å². The summed E-state index contributed by atoms with van der Waals surface area (Å²) in [6, 6.07) is 1.77. The molecule has 130 valence electrons. The number of oxime groups is 1. The fraction of sp³-hybridized carbons (Fsp3) is 0.571. The van der Waals surface area contributed by atoms with Gasteiger partial charge in [-0.1, -0.05) is 5.16 Å². The van der Waals surface area contributed by atoms with E-state index < -0.39 is 24.2 Å². The van der Waals surface area contributed by atoms with E-state index >= 15 is 0 Å². The molecule has 24 heavy (non-hydrogen) atoms. The Balaban J connectivity index is 1.61. The van der Waals surface area contributed by atoms with E-state index in [1.165, 1.54) is 6.33 Å². The minimum Gasteiger partial charge on any atom is -0.386 e. The lowest BCUT2D eigenvalue weighted by molar-refractivity contribution is -0.134. The molecule has 0 aromatic carbocycles. The van der Waals surface area contributed by atoms with E-state index in [0.717, 1.165) is 18.8 Å². The zero-order valence-electron chi connectivity index (χ0n) is 12.7. The Labute approximate surface area is 135 Å². The molecule has 0 aliphatic carbocycles. The lowest BCUT2D eigenvalue weighted by Gasteiger charge is -2.38. The largest absolute Gasteiger partial charge is 0.405 e. The summed E-state index contributed by atoms with van der Waals surface area (Å²) in [7, 11) is 0. The highest BCUT2D eigenvalue weighted by atomic mass is 19.4. The number of nitrogens with zero attached hydrogens (tertiary/aromatic N) is 4. The smallest absolute Gasteiger partial charge is 0.386 e. The van der Waals surface area contributed by atoms with Gasteiger partial charge in [0.15, 0.2) is 5.60 Å². The van der Waals surface area contributed by atoms with Crippen LogP contribution in [0.5, 0.6) is 0 Å². The van der Waals surface area contributed by atoms with Crippen molar-refractivity contribution >= 4 is 17.4 Å². The second-order valence-electron chi connectivity index (χ2n) is 5.88. The summed E-state index contributed by atoms with van der Waals surface area (Å²) in [5, 5.41) is 5.54. The fourth-order valence-electron chi connectivity index (χ4n) is 2.91. The second-order valence-corrected chi connectivity index (χ2v) is 5.88. The van der Waals surface area contributed by atoms with E-state index in [1.54, 1.807) is 12.3 Å². The average Bonchev–Trinajstić information content (AvgIpc) is 2.96. The van der Waals surface area contributed by atoms with E-state index in [1.807, 2.05) is 10.2 Å². The SMILES string of the molecule is O=C(NCC(F)(F)F)C1=NOC2(CCCN(c3ccncn3)C2)C1. The van der Waals surface area contributed by atoms with Crippen molar-refractivity contribution in [2.45, 2.75) is 31.0 Å². The lowest BCUT2D eigenvalue weighted by atomic mass is 9.88. The zero-order valence-corrected chi connectivity index (χ0v) is 12.7. The topological polar surface area (TPSA) is 79.7 Å². The number of aromatic nitrogens is 2. The van der Waals surface area contributed by atoms with Gasteiger partial charge in [-0.05, 0) is 18.9 Å². The van der Waals surface area contributed by atoms with E-state index in [4.69, 9.17) is 4.84 Å². The number of hydrogen-bond donors (Lipinski definition) is 1. The van der Waals surface area contributed by atoms with Crippen molar-refractivity contribution < 1.29 is 22.8 Å². The maximum absolute atomic E-state index is 12.2. The van der Waals surface area contributed by atoms with Crippen molar-refractivity contribution in [2.24, 2.45) is 5.16 Å². The molecule has 10 heteroatoms. The second kappa shape index (κ2) is 6.25. The number of carbonyl (C=O) groups is 1. The van der Waals surface area contributed by atoms with Crippen LogP contribution in [-0.2, 0) is 9.63 Å². The predicted octanol–water partition coefficient (Wildman–Crippen LogP) is 1.27. The number of halogens is 3. The molecule has 2 aliphatic rings. The molecular weight excluding hydrogens is 327 g/mol. The molecule has 3 rings (SSSR count). The molecule has 0 bridgehead atoms. The fourth-order valence-corrected chi connectivity index (χ4v) is 2.91. The molecular formula is C14H16F3N5O2. The van der Waals surface area contributed by atoms with Gasteiger partial charge in [-0.2, -0.15) is 13.2 Å². The highest BCUT2D eigenvalue weighted by Crippen LogP contribution is 2.34. The van der Waals surface area contributed by atoms with Crippen molar-refractivity contribution in [1.29, 1.82) is 0 Å². The lowest BCUT2D eigenvalue weighted by Crippen LogP contribution is -2.49. The van der Waals surface area contributed by atoms with Gasteiger partial charge in [0.05, 0.1) is 6.54 Å². The van der Waals surface area contributed by atoms with E-state index in [2.05, 4.69) is 15.1 Å². The molecule has 1 fully saturated rings. The molecule has 1 aromatic heterocycles. The van der Waals surface area contributed by atoms with E-state index in [0.29, 0.717) is 13.0 Å². The van der Waals surface area contributed by atoms with Crippen molar-refractivity contribution in [2.75, 3.05) is 24.5 Å². The third-order valence-electron chi connectivity index (χ3n) is 3.98. The third-order valence-corrected chi connectivity index (χ3v) is 3.98. The standard InChI is InChI=1S/C14H16F3N5O2/c15-14(16,17)7-19-12(23)10-6-13(24-21-10)3-1-5-22(8-13)11-2-4-18-9-20-11/h2,4,9H,1,3,5-8H2,(H,19,23). The molecule has 1 spiro atoms. The average molecular weight is 343 g/mol. The van der Waals surface area contributed by atoms with Crippen LogP contribution in [0.2, 0.25) is 0 Å². The van der Waals surface area contributed by atoms with Gasteiger partial charge in [0.1, 0.15) is 24.4 Å². The molecule has 0 saturated carbocycles. The molecule has 0 radical (unpaired) electrons. The van der Waals surface area contributed by atoms with E-state index in [9.17, 15) is 18.0 Å². The van der Waals surface area contributed by atoms with Crippen LogP contribution in [0.15, 0.2) is 23.7 Å². The summed E-state index contributed by atoms with van der Waals surface area (Å²) in [6.07, 6.45) is 0.273. The number of rotatable bonds is 3. The summed E-state index contributed by atoms with van der Waals surface area (Å²) in [5.41, 5.74) is -0.711. The minimum absolute atomic E-state index is 0.0104. The first-order valence-corrected chi connectivity index (χ1v) is 7.48. The summed E-state index contributed by atoms with van der Waals surface area (Å²) in [4.78, 5) is 27.3. The Bertz CT molecular complexity index is 637. The number of hydrogen-bond acceptors (Lipinski definition) is 6. The van der Waals surface area contributed by atoms with Crippen molar-refractivity contribution in [3.8, 4) is 0 Å². The van der Waals surface area contributed by atoms with Gasteiger partial charge in [-0.3, -0.25) is 4.79 Å². The minimum atomic E-state index is -4.46.